The van der Waals surface area contributed by atoms with Gasteiger partial charge in [0.2, 0.25) is 5.91 Å². The number of carbonyl (C=O) groups excluding carboxylic acids is 2. The van der Waals surface area contributed by atoms with Crippen LogP contribution in [0.1, 0.15) is 30.1 Å². The summed E-state index contributed by atoms with van der Waals surface area (Å²) in [5.41, 5.74) is 0.498. The van der Waals surface area contributed by atoms with Gasteiger partial charge in [0.1, 0.15) is 11.5 Å². The van der Waals surface area contributed by atoms with E-state index in [1.807, 2.05) is 0 Å². The van der Waals surface area contributed by atoms with E-state index < -0.39 is 0 Å². The van der Waals surface area contributed by atoms with Crippen molar-refractivity contribution < 1.29 is 19.1 Å². The third-order valence-electron chi connectivity index (χ3n) is 4.52. The molecule has 1 aliphatic heterocycles. The van der Waals surface area contributed by atoms with Crippen LogP contribution in [-0.2, 0) is 4.79 Å². The molecule has 0 aromatic heterocycles. The zero-order chi connectivity index (χ0) is 18.9. The molecule has 0 radical (unpaired) electrons. The largest absolute Gasteiger partial charge is 0.497 e. The number of piperazine rings is 1. The van der Waals surface area contributed by atoms with Gasteiger partial charge in [0.15, 0.2) is 0 Å². The lowest BCUT2D eigenvalue weighted by Crippen LogP contribution is -2.51. The van der Waals surface area contributed by atoms with Crippen LogP contribution >= 0.6 is 0 Å². The van der Waals surface area contributed by atoms with Gasteiger partial charge in [-0.1, -0.05) is 13.3 Å². The van der Waals surface area contributed by atoms with E-state index in [0.29, 0.717) is 49.8 Å². The molecule has 7 nitrogen and oxygen atoms in total. The molecular formula is C19H29N3O4. The van der Waals surface area contributed by atoms with Crippen molar-refractivity contribution in [1.82, 2.24) is 15.1 Å². The highest BCUT2D eigenvalue weighted by Gasteiger charge is 2.25. The van der Waals surface area contributed by atoms with Gasteiger partial charge in [-0.2, -0.15) is 0 Å². The van der Waals surface area contributed by atoms with Crippen molar-refractivity contribution in [2.45, 2.75) is 19.8 Å². The zero-order valence-electron chi connectivity index (χ0n) is 15.9. The number of amides is 2. The molecule has 1 heterocycles. The maximum atomic E-state index is 12.8. The highest BCUT2D eigenvalue weighted by atomic mass is 16.5. The summed E-state index contributed by atoms with van der Waals surface area (Å²) in [6.07, 6.45) is 2.06. The topological polar surface area (TPSA) is 71.1 Å². The summed E-state index contributed by atoms with van der Waals surface area (Å²) in [7, 11) is 3.12. The molecule has 2 amide bonds. The highest BCUT2D eigenvalue weighted by molar-refractivity contribution is 5.97. The fraction of sp³-hybridized carbons (Fsp3) is 0.579. The summed E-state index contributed by atoms with van der Waals surface area (Å²) in [6.45, 7) is 5.73. The number of carbonyl (C=O) groups is 2. The van der Waals surface area contributed by atoms with Gasteiger partial charge in [-0.25, -0.2) is 0 Å². The summed E-state index contributed by atoms with van der Waals surface area (Å²) in [5, 5.41) is 2.93. The maximum Gasteiger partial charge on any atom is 0.257 e. The standard InChI is InChI=1S/C19H29N3O4/c1-4-5-8-20-18(23)14-21-9-11-22(12-10-21)19(24)16-13-15(25-2)6-7-17(16)26-3/h6-7,13H,4-5,8-12,14H2,1-3H3,(H,20,23). The third kappa shape index (κ3) is 5.36. The average Bonchev–Trinajstić information content (AvgIpc) is 2.67. The summed E-state index contributed by atoms with van der Waals surface area (Å²) < 4.78 is 10.5. The predicted molar refractivity (Wildman–Crippen MR) is 99.8 cm³/mol. The van der Waals surface area contributed by atoms with Crippen molar-refractivity contribution in [1.29, 1.82) is 0 Å². The van der Waals surface area contributed by atoms with Gasteiger partial charge in [-0.15, -0.1) is 0 Å². The Kier molecular flexibility index (Phi) is 7.72. The number of hydrogen-bond acceptors (Lipinski definition) is 5. The van der Waals surface area contributed by atoms with Gasteiger partial charge in [0, 0.05) is 32.7 Å². The SMILES string of the molecule is CCCCNC(=O)CN1CCN(C(=O)c2cc(OC)ccc2OC)CC1. The van der Waals surface area contributed by atoms with Crippen molar-refractivity contribution in [2.24, 2.45) is 0 Å². The summed E-state index contributed by atoms with van der Waals surface area (Å²) in [4.78, 5) is 28.6. The lowest BCUT2D eigenvalue weighted by Gasteiger charge is -2.34. The number of hydrogen-bond donors (Lipinski definition) is 1. The van der Waals surface area contributed by atoms with Crippen LogP contribution in [0.3, 0.4) is 0 Å². The molecule has 7 heteroatoms. The lowest BCUT2D eigenvalue weighted by atomic mass is 10.1. The van der Waals surface area contributed by atoms with Crippen LogP contribution < -0.4 is 14.8 Å². The number of nitrogens with zero attached hydrogens (tertiary/aromatic N) is 2. The molecule has 0 atom stereocenters. The molecule has 1 aliphatic rings. The van der Waals surface area contributed by atoms with E-state index in [9.17, 15) is 9.59 Å². The lowest BCUT2D eigenvalue weighted by molar-refractivity contribution is -0.122. The van der Waals surface area contributed by atoms with Crippen LogP contribution in [-0.4, -0.2) is 75.1 Å². The van der Waals surface area contributed by atoms with Crippen LogP contribution in [0.4, 0.5) is 0 Å². The minimum Gasteiger partial charge on any atom is -0.497 e. The average molecular weight is 363 g/mol. The monoisotopic (exact) mass is 363 g/mol. The van der Waals surface area contributed by atoms with E-state index in [1.165, 1.54) is 0 Å². The summed E-state index contributed by atoms with van der Waals surface area (Å²) >= 11 is 0. The van der Waals surface area contributed by atoms with Gasteiger partial charge in [0.05, 0.1) is 26.3 Å². The molecule has 1 fully saturated rings. The molecule has 0 saturated carbocycles. The Morgan fingerprint density at radius 2 is 1.85 bits per heavy atom. The normalized spacial score (nSPS) is 14.8. The fourth-order valence-corrected chi connectivity index (χ4v) is 2.92. The highest BCUT2D eigenvalue weighted by Crippen LogP contribution is 2.25. The van der Waals surface area contributed by atoms with Crippen molar-refractivity contribution >= 4 is 11.8 Å². The minimum atomic E-state index is -0.0761. The molecule has 0 spiro atoms. The van der Waals surface area contributed by atoms with Crippen LogP contribution in [0, 0.1) is 0 Å². The number of unbranched alkanes of at least 4 members (excludes halogenated alkanes) is 1. The Bertz CT molecular complexity index is 613. The second-order valence-corrected chi connectivity index (χ2v) is 6.34. The van der Waals surface area contributed by atoms with E-state index in [2.05, 4.69) is 17.1 Å². The molecule has 0 bridgehead atoms. The van der Waals surface area contributed by atoms with Crippen LogP contribution in [0.15, 0.2) is 18.2 Å². The number of methoxy groups -OCH3 is 2. The minimum absolute atomic E-state index is 0.0488. The van der Waals surface area contributed by atoms with Crippen LogP contribution in [0.5, 0.6) is 11.5 Å². The Morgan fingerprint density at radius 3 is 2.46 bits per heavy atom. The second kappa shape index (κ2) is 10.0. The van der Waals surface area contributed by atoms with E-state index in [-0.39, 0.29) is 11.8 Å². The van der Waals surface area contributed by atoms with Gasteiger partial charge < -0.3 is 19.7 Å². The van der Waals surface area contributed by atoms with Gasteiger partial charge in [-0.3, -0.25) is 14.5 Å². The molecule has 1 aromatic rings. The molecular weight excluding hydrogens is 334 g/mol. The van der Waals surface area contributed by atoms with Crippen molar-refractivity contribution in [3.8, 4) is 11.5 Å². The third-order valence-corrected chi connectivity index (χ3v) is 4.52. The molecule has 26 heavy (non-hydrogen) atoms. The first kappa shape index (κ1) is 20.0. The van der Waals surface area contributed by atoms with Gasteiger partial charge >= 0.3 is 0 Å². The summed E-state index contributed by atoms with van der Waals surface area (Å²) in [5.74, 6) is 1.13. The molecule has 0 unspecified atom stereocenters. The molecule has 1 aromatic carbocycles. The molecule has 1 saturated heterocycles. The number of rotatable bonds is 8. The Hall–Kier alpha value is -2.28. The van der Waals surface area contributed by atoms with Gasteiger partial charge in [-0.05, 0) is 24.6 Å². The quantitative estimate of drug-likeness (QED) is 0.707. The van der Waals surface area contributed by atoms with E-state index in [4.69, 9.17) is 9.47 Å². The predicted octanol–water partition coefficient (Wildman–Crippen LogP) is 1.38. The Labute approximate surface area is 155 Å². The van der Waals surface area contributed by atoms with E-state index >= 15 is 0 Å². The zero-order valence-corrected chi connectivity index (χ0v) is 15.9. The van der Waals surface area contributed by atoms with Gasteiger partial charge in [0.25, 0.3) is 5.91 Å². The molecule has 144 valence electrons. The Balaban J connectivity index is 1.89. The summed E-state index contributed by atoms with van der Waals surface area (Å²) in [6, 6.07) is 5.21. The smallest absolute Gasteiger partial charge is 0.257 e. The molecule has 0 aliphatic carbocycles. The van der Waals surface area contributed by atoms with E-state index in [1.54, 1.807) is 37.3 Å². The fourth-order valence-electron chi connectivity index (χ4n) is 2.92. The van der Waals surface area contributed by atoms with Crippen molar-refractivity contribution in [3.05, 3.63) is 23.8 Å². The van der Waals surface area contributed by atoms with E-state index in [0.717, 1.165) is 19.4 Å². The number of ether oxygens (including phenoxy) is 2. The first-order valence-corrected chi connectivity index (χ1v) is 9.09. The van der Waals surface area contributed by atoms with Crippen molar-refractivity contribution in [3.63, 3.8) is 0 Å². The second-order valence-electron chi connectivity index (χ2n) is 6.34. The maximum absolute atomic E-state index is 12.8. The van der Waals surface area contributed by atoms with Crippen molar-refractivity contribution in [2.75, 3.05) is 53.5 Å². The first-order valence-electron chi connectivity index (χ1n) is 9.09. The van der Waals surface area contributed by atoms with Crippen LogP contribution in [0.25, 0.3) is 0 Å². The number of benzene rings is 1. The number of nitrogens with one attached hydrogen (secondary N) is 1. The molecule has 2 rings (SSSR count). The molecule has 1 N–H and O–H groups in total. The van der Waals surface area contributed by atoms with Crippen LogP contribution in [0.2, 0.25) is 0 Å². The Morgan fingerprint density at radius 1 is 1.12 bits per heavy atom. The first-order chi connectivity index (χ1) is 12.6.